The normalized spacial score (nSPS) is 25.6. The molecule has 6 aliphatic rings. The number of ketones is 1. The molecule has 2 fully saturated rings. The number of carbonyl (C=O) groups is 2. The van der Waals surface area contributed by atoms with E-state index in [2.05, 4.69) is 26.1 Å². The number of nitrogens with one attached hydrogen (secondary N) is 1. The lowest BCUT2D eigenvalue weighted by molar-refractivity contribution is -0.140. The molecule has 0 spiro atoms. The third kappa shape index (κ3) is 4.55. The fourth-order valence-electron chi connectivity index (χ4n) is 7.00. The number of Topliss-reactive ketones (excluding diaryl/α,β-unsaturated/α-hetero) is 1. The van der Waals surface area contributed by atoms with E-state index in [0.29, 0.717) is 24.1 Å². The van der Waals surface area contributed by atoms with Gasteiger partial charge in [0.2, 0.25) is 0 Å². The largest absolute Gasteiger partial charge is 0.512 e. The number of aliphatic hydroxyl groups is 1. The van der Waals surface area contributed by atoms with Gasteiger partial charge in [-0.3, -0.25) is 9.59 Å². The number of ether oxygens (including phenoxy) is 1. The molecule has 2 atom stereocenters. The van der Waals surface area contributed by atoms with Crippen LogP contribution in [0.15, 0.2) is 106 Å². The van der Waals surface area contributed by atoms with Gasteiger partial charge in [0.25, 0.3) is 0 Å². The van der Waals surface area contributed by atoms with E-state index in [4.69, 9.17) is 19.7 Å². The highest BCUT2D eigenvalue weighted by atomic mass is 16.5. The Bertz CT molecular complexity index is 1750. The molecular formula is C35H38N4O4. The van der Waals surface area contributed by atoms with Gasteiger partial charge in [0, 0.05) is 59.2 Å². The lowest BCUT2D eigenvalue weighted by Crippen LogP contribution is -2.15. The summed E-state index contributed by atoms with van der Waals surface area (Å²) >= 11 is 0. The van der Waals surface area contributed by atoms with Gasteiger partial charge in [-0.25, -0.2) is 15.0 Å². The van der Waals surface area contributed by atoms with Crippen LogP contribution in [0.5, 0.6) is 0 Å². The maximum atomic E-state index is 13.5. The molecule has 0 unspecified atom stereocenters. The van der Waals surface area contributed by atoms with Crippen molar-refractivity contribution in [2.24, 2.45) is 26.8 Å². The zero-order valence-corrected chi connectivity index (χ0v) is 25.9. The Hall–Kier alpha value is -4.33. The number of fused-ring (bicyclic) bond motifs is 5. The average Bonchev–Trinajstić information content (AvgIpc) is 3.74. The smallest absolute Gasteiger partial charge is 0.305 e. The summed E-state index contributed by atoms with van der Waals surface area (Å²) in [5.41, 5.74) is 12.7. The highest BCUT2D eigenvalue weighted by molar-refractivity contribution is 6.38. The monoisotopic (exact) mass is 578 g/mol. The quantitative estimate of drug-likeness (QED) is 0.282. The molecular weight excluding hydrogens is 540 g/mol. The molecule has 0 amide bonds. The predicted molar refractivity (Wildman–Crippen MR) is 169 cm³/mol. The molecule has 5 heterocycles. The van der Waals surface area contributed by atoms with Crippen molar-refractivity contribution in [1.29, 1.82) is 0 Å². The number of hydrogen-bond donors (Lipinski definition) is 2. The number of rotatable bonds is 5. The summed E-state index contributed by atoms with van der Waals surface area (Å²) in [4.78, 5) is 40.8. The lowest BCUT2D eigenvalue weighted by Gasteiger charge is -2.17. The number of esters is 1. The maximum absolute atomic E-state index is 13.5. The standard InChI is InChI=1S/C35H38N4O4/c1-8-20-16(3)23-15-28-32(29(40)9-2)18(5)25(37-28)13-24-17(4)21(10-11-31(42)43-7)34(38-24)22-12-30(41)33-19(6)26(39-35(22)33)14-27(20)36-23/h13-15,17,21,38,40H,8-12H2,1-7H3/b23-15?,24-13?,26-14?,32-29-,34-22?/t17-,21-/m0/s1. The van der Waals surface area contributed by atoms with Gasteiger partial charge < -0.3 is 15.2 Å². The number of aliphatic hydroxyl groups excluding tert-OH is 1. The van der Waals surface area contributed by atoms with Crippen LogP contribution in [0.2, 0.25) is 0 Å². The second-order valence-corrected chi connectivity index (χ2v) is 11.9. The summed E-state index contributed by atoms with van der Waals surface area (Å²) in [6.45, 7) is 12.2. The van der Waals surface area contributed by atoms with Gasteiger partial charge in [0.15, 0.2) is 5.78 Å². The topological polar surface area (TPSA) is 113 Å². The number of hydrogen-bond acceptors (Lipinski definition) is 8. The molecule has 0 aromatic rings. The summed E-state index contributed by atoms with van der Waals surface area (Å²) in [5.74, 6) is 0.0724. The number of aliphatic imine (C=N–C) groups is 3. The first-order valence-corrected chi connectivity index (χ1v) is 15.1. The van der Waals surface area contributed by atoms with E-state index in [1.54, 1.807) is 0 Å². The Morgan fingerprint density at radius 2 is 1.74 bits per heavy atom. The van der Waals surface area contributed by atoms with Crippen LogP contribution in [0.1, 0.15) is 73.6 Å². The van der Waals surface area contributed by atoms with Crippen molar-refractivity contribution in [3.63, 3.8) is 0 Å². The molecule has 1 aliphatic carbocycles. The van der Waals surface area contributed by atoms with Crippen molar-refractivity contribution in [2.75, 3.05) is 7.11 Å². The Morgan fingerprint density at radius 3 is 2.44 bits per heavy atom. The molecule has 5 aliphatic heterocycles. The number of methoxy groups -OCH3 is 1. The second kappa shape index (κ2) is 10.7. The van der Waals surface area contributed by atoms with Crippen LogP contribution in [-0.2, 0) is 14.3 Å². The zero-order chi connectivity index (χ0) is 30.7. The third-order valence-corrected chi connectivity index (χ3v) is 9.55. The third-order valence-electron chi connectivity index (χ3n) is 9.55. The van der Waals surface area contributed by atoms with E-state index in [-0.39, 0.29) is 42.2 Å². The second-order valence-electron chi connectivity index (χ2n) is 11.9. The molecule has 43 heavy (non-hydrogen) atoms. The van der Waals surface area contributed by atoms with Crippen molar-refractivity contribution >= 4 is 28.9 Å². The molecule has 6 rings (SSSR count). The Kier molecular flexibility index (Phi) is 7.19. The summed E-state index contributed by atoms with van der Waals surface area (Å²) in [6, 6.07) is 0. The van der Waals surface area contributed by atoms with Crippen molar-refractivity contribution < 1.29 is 19.4 Å². The summed E-state index contributed by atoms with van der Waals surface area (Å²) in [5, 5.41) is 14.7. The number of carbonyl (C=O) groups excluding carboxylic acids is 2. The molecule has 8 heteroatoms. The van der Waals surface area contributed by atoms with Crippen molar-refractivity contribution in [3.05, 3.63) is 91.5 Å². The fourth-order valence-corrected chi connectivity index (χ4v) is 7.00. The molecule has 0 aromatic carbocycles. The van der Waals surface area contributed by atoms with Gasteiger partial charge >= 0.3 is 5.97 Å². The van der Waals surface area contributed by atoms with E-state index in [1.807, 2.05) is 39.0 Å². The predicted octanol–water partition coefficient (Wildman–Crippen LogP) is 6.59. The van der Waals surface area contributed by atoms with Crippen molar-refractivity contribution in [2.45, 2.75) is 73.6 Å². The van der Waals surface area contributed by atoms with Gasteiger partial charge in [-0.15, -0.1) is 0 Å². The summed E-state index contributed by atoms with van der Waals surface area (Å²) < 4.78 is 4.96. The molecule has 0 aromatic heterocycles. The lowest BCUT2D eigenvalue weighted by atomic mass is 9.86. The summed E-state index contributed by atoms with van der Waals surface area (Å²) in [6.07, 6.45) is 8.39. The highest BCUT2D eigenvalue weighted by Gasteiger charge is 2.43. The first-order valence-electron chi connectivity index (χ1n) is 15.1. The SMILES string of the molecule is CCC1=C(C)C2=CC3=NC(=C(C)/C3=C(/O)CC)C=C3NC(=C4CC(=O)C5=C(C)C(=CC1=N2)N=C45)[C@@H](CCC(=O)OC)[C@@H]3C. The average molecular weight is 579 g/mol. The van der Waals surface area contributed by atoms with E-state index in [9.17, 15) is 14.7 Å². The zero-order valence-electron chi connectivity index (χ0n) is 25.9. The van der Waals surface area contributed by atoms with Crippen LogP contribution in [-0.4, -0.2) is 41.1 Å². The highest BCUT2D eigenvalue weighted by Crippen LogP contribution is 2.45. The minimum atomic E-state index is -0.262. The van der Waals surface area contributed by atoms with Gasteiger partial charge in [-0.1, -0.05) is 20.8 Å². The van der Waals surface area contributed by atoms with E-state index in [0.717, 1.165) is 79.8 Å². The van der Waals surface area contributed by atoms with E-state index < -0.39 is 0 Å². The summed E-state index contributed by atoms with van der Waals surface area (Å²) in [7, 11) is 1.40. The Morgan fingerprint density at radius 1 is 1.02 bits per heavy atom. The molecule has 0 radical (unpaired) electrons. The molecule has 8 nitrogen and oxygen atoms in total. The van der Waals surface area contributed by atoms with Gasteiger partial charge in [-0.05, 0) is 74.1 Å². The Labute approximate surface area is 252 Å². The van der Waals surface area contributed by atoms with Crippen molar-refractivity contribution in [1.82, 2.24) is 5.32 Å². The van der Waals surface area contributed by atoms with Crippen LogP contribution in [0.25, 0.3) is 0 Å². The molecule has 2 N–H and O–H groups in total. The first kappa shape index (κ1) is 28.8. The molecule has 8 bridgehead atoms. The molecule has 1 saturated carbocycles. The molecule has 1 saturated heterocycles. The van der Waals surface area contributed by atoms with Crippen LogP contribution in [0.4, 0.5) is 0 Å². The van der Waals surface area contributed by atoms with Gasteiger partial charge in [-0.2, -0.15) is 0 Å². The van der Waals surface area contributed by atoms with E-state index in [1.165, 1.54) is 7.11 Å². The van der Waals surface area contributed by atoms with E-state index >= 15 is 0 Å². The van der Waals surface area contributed by atoms with Gasteiger partial charge in [0.05, 0.1) is 41.3 Å². The van der Waals surface area contributed by atoms with Crippen LogP contribution in [0, 0.1) is 11.8 Å². The van der Waals surface area contributed by atoms with Crippen molar-refractivity contribution in [3.8, 4) is 0 Å². The minimum Gasteiger partial charge on any atom is -0.512 e. The minimum absolute atomic E-state index is 0.0213. The van der Waals surface area contributed by atoms with Crippen LogP contribution >= 0.6 is 0 Å². The fraction of sp³-hybridized carbons (Fsp3) is 0.400. The van der Waals surface area contributed by atoms with Crippen LogP contribution in [0.3, 0.4) is 0 Å². The maximum Gasteiger partial charge on any atom is 0.305 e. The molecule has 222 valence electrons. The number of nitrogens with zero attached hydrogens (tertiary/aromatic N) is 3. The van der Waals surface area contributed by atoms with Gasteiger partial charge in [0.1, 0.15) is 5.76 Å². The first-order chi connectivity index (χ1) is 20.6. The van der Waals surface area contributed by atoms with Crippen LogP contribution < -0.4 is 5.32 Å². The number of allylic oxidation sites excluding steroid dienone is 13. The Balaban J connectivity index is 1.62.